The summed E-state index contributed by atoms with van der Waals surface area (Å²) in [5.74, 6) is 1.42. The summed E-state index contributed by atoms with van der Waals surface area (Å²) in [5, 5.41) is 16.1. The number of piperazine rings is 1. The maximum absolute atomic E-state index is 9.35. The third-order valence-electron chi connectivity index (χ3n) is 9.39. The Morgan fingerprint density at radius 3 is 2.83 bits per heavy atom. The van der Waals surface area contributed by atoms with Gasteiger partial charge in [-0.2, -0.15) is 15.2 Å². The Morgan fingerprint density at radius 2 is 2.00 bits per heavy atom. The molecule has 1 aromatic heterocycles. The Bertz CT molecular complexity index is 1450. The van der Waals surface area contributed by atoms with Crippen LogP contribution in [0.4, 0.5) is 11.5 Å². The van der Waals surface area contributed by atoms with Crippen LogP contribution < -0.4 is 19.9 Å². The van der Waals surface area contributed by atoms with Gasteiger partial charge in [0.2, 0.25) is 0 Å². The average molecular weight is 558 g/mol. The molecule has 208 valence electrons. The van der Waals surface area contributed by atoms with E-state index in [9.17, 15) is 5.26 Å². The zero-order valence-electron chi connectivity index (χ0n) is 23.0. The average Bonchev–Trinajstić information content (AvgIpc) is 3.51. The number of anilines is 2. The molecule has 2 aromatic carbocycles. The van der Waals surface area contributed by atoms with E-state index in [1.807, 2.05) is 12.1 Å². The lowest BCUT2D eigenvalue weighted by Gasteiger charge is -2.38. The van der Waals surface area contributed by atoms with Crippen molar-refractivity contribution in [3.05, 3.63) is 52.7 Å². The highest BCUT2D eigenvalue weighted by atomic mass is 35.5. The van der Waals surface area contributed by atoms with Crippen molar-refractivity contribution < 1.29 is 4.74 Å². The molecule has 3 saturated heterocycles. The van der Waals surface area contributed by atoms with Gasteiger partial charge in [-0.1, -0.05) is 35.9 Å². The van der Waals surface area contributed by atoms with E-state index in [0.29, 0.717) is 49.6 Å². The molecule has 40 heavy (non-hydrogen) atoms. The number of rotatable bonds is 6. The molecular weight excluding hydrogens is 522 g/mol. The summed E-state index contributed by atoms with van der Waals surface area (Å²) < 4.78 is 6.33. The minimum Gasteiger partial charge on any atom is -0.462 e. The van der Waals surface area contributed by atoms with Gasteiger partial charge in [-0.15, -0.1) is 0 Å². The van der Waals surface area contributed by atoms with Crippen LogP contribution in [0.3, 0.4) is 0 Å². The number of fused-ring (bicyclic) bond motifs is 4. The number of aromatic nitrogens is 2. The third kappa shape index (κ3) is 4.74. The number of hydrogen-bond acceptors (Lipinski definition) is 8. The van der Waals surface area contributed by atoms with Crippen molar-refractivity contribution >= 4 is 33.9 Å². The molecule has 2 bridgehead atoms. The predicted molar refractivity (Wildman–Crippen MR) is 158 cm³/mol. The normalized spacial score (nSPS) is 26.2. The Morgan fingerprint density at radius 1 is 1.12 bits per heavy atom. The Balaban J connectivity index is 1.22. The Hall–Kier alpha value is -3.12. The molecule has 4 atom stereocenters. The third-order valence-corrected chi connectivity index (χ3v) is 9.70. The first-order valence-corrected chi connectivity index (χ1v) is 15.0. The molecule has 5 heterocycles. The minimum absolute atomic E-state index is 0.318. The van der Waals surface area contributed by atoms with Crippen molar-refractivity contribution in [1.29, 1.82) is 5.26 Å². The molecule has 9 heteroatoms. The van der Waals surface area contributed by atoms with Gasteiger partial charge in [0.25, 0.3) is 0 Å². The van der Waals surface area contributed by atoms with Crippen LogP contribution in [0.5, 0.6) is 6.01 Å². The van der Waals surface area contributed by atoms with E-state index >= 15 is 0 Å². The molecule has 7 rings (SSSR count). The second kappa shape index (κ2) is 10.7. The summed E-state index contributed by atoms with van der Waals surface area (Å²) >= 11 is 6.71. The number of halogens is 1. The van der Waals surface area contributed by atoms with E-state index in [-0.39, 0.29) is 0 Å². The molecule has 3 fully saturated rings. The number of ether oxygens (including phenoxy) is 1. The fourth-order valence-electron chi connectivity index (χ4n) is 7.28. The summed E-state index contributed by atoms with van der Waals surface area (Å²) in [6, 6.07) is 16.5. The second-order valence-electron chi connectivity index (χ2n) is 11.9. The summed E-state index contributed by atoms with van der Waals surface area (Å²) in [7, 11) is 2.17. The fourth-order valence-corrected chi connectivity index (χ4v) is 7.56. The van der Waals surface area contributed by atoms with Crippen molar-refractivity contribution in [1.82, 2.24) is 20.2 Å². The van der Waals surface area contributed by atoms with Gasteiger partial charge in [0.15, 0.2) is 0 Å². The van der Waals surface area contributed by atoms with E-state index in [1.165, 1.54) is 12.0 Å². The molecule has 1 N–H and O–H groups in total. The monoisotopic (exact) mass is 557 g/mol. The molecule has 4 aliphatic rings. The quantitative estimate of drug-likeness (QED) is 0.478. The van der Waals surface area contributed by atoms with Crippen molar-refractivity contribution in [3.8, 4) is 12.1 Å². The van der Waals surface area contributed by atoms with Gasteiger partial charge in [-0.3, -0.25) is 0 Å². The summed E-state index contributed by atoms with van der Waals surface area (Å²) in [6.45, 7) is 5.03. The first kappa shape index (κ1) is 25.8. The molecule has 4 aliphatic heterocycles. The van der Waals surface area contributed by atoms with Crippen LogP contribution in [0.15, 0.2) is 36.4 Å². The van der Waals surface area contributed by atoms with Crippen LogP contribution in [-0.4, -0.2) is 72.8 Å². The number of nitrogens with one attached hydrogen (secondary N) is 1. The first-order chi connectivity index (χ1) is 19.6. The number of nitrogens with zero attached hydrogens (tertiary/aromatic N) is 6. The van der Waals surface area contributed by atoms with Gasteiger partial charge in [0, 0.05) is 60.8 Å². The van der Waals surface area contributed by atoms with Crippen LogP contribution in [0.2, 0.25) is 5.02 Å². The largest absolute Gasteiger partial charge is 0.462 e. The molecule has 0 saturated carbocycles. The van der Waals surface area contributed by atoms with Crippen LogP contribution >= 0.6 is 11.6 Å². The number of benzene rings is 2. The van der Waals surface area contributed by atoms with Gasteiger partial charge in [-0.25, -0.2) is 0 Å². The van der Waals surface area contributed by atoms with Crippen molar-refractivity contribution in [2.24, 2.45) is 5.92 Å². The smallest absolute Gasteiger partial charge is 0.318 e. The molecule has 0 amide bonds. The summed E-state index contributed by atoms with van der Waals surface area (Å²) in [4.78, 5) is 17.3. The number of hydrogen-bond donors (Lipinski definition) is 1. The molecule has 0 radical (unpaired) electrons. The van der Waals surface area contributed by atoms with E-state index < -0.39 is 0 Å². The Kier molecular flexibility index (Phi) is 6.91. The van der Waals surface area contributed by atoms with Crippen molar-refractivity contribution in [2.45, 2.75) is 56.8 Å². The number of nitriles is 1. The lowest BCUT2D eigenvalue weighted by molar-refractivity contribution is 0.187. The highest BCUT2D eigenvalue weighted by molar-refractivity contribution is 6.36. The predicted octanol–water partition coefficient (Wildman–Crippen LogP) is 4.40. The van der Waals surface area contributed by atoms with Crippen LogP contribution in [0.25, 0.3) is 10.8 Å². The van der Waals surface area contributed by atoms with Crippen molar-refractivity contribution in [2.75, 3.05) is 49.6 Å². The van der Waals surface area contributed by atoms with Gasteiger partial charge in [0.05, 0.1) is 23.3 Å². The molecule has 0 unspecified atom stereocenters. The van der Waals surface area contributed by atoms with E-state index in [2.05, 4.69) is 57.4 Å². The topological polar surface area (TPSA) is 80.5 Å². The Labute approximate surface area is 240 Å². The zero-order chi connectivity index (χ0) is 27.2. The number of likely N-dealkylation sites (tertiary alicyclic amines) is 1. The molecule has 3 aromatic rings. The molecular formula is C31H36ClN7O. The molecule has 0 spiro atoms. The number of likely N-dealkylation sites (N-methyl/N-ethyl adjacent to an activating group) is 1. The van der Waals surface area contributed by atoms with E-state index in [0.717, 1.165) is 78.4 Å². The highest BCUT2D eigenvalue weighted by Crippen LogP contribution is 2.38. The van der Waals surface area contributed by atoms with Crippen LogP contribution in [-0.2, 0) is 13.0 Å². The van der Waals surface area contributed by atoms with E-state index in [1.54, 1.807) is 0 Å². The van der Waals surface area contributed by atoms with Crippen LogP contribution in [0.1, 0.15) is 36.9 Å². The molecule has 8 nitrogen and oxygen atoms in total. The van der Waals surface area contributed by atoms with Gasteiger partial charge in [0.1, 0.15) is 12.4 Å². The van der Waals surface area contributed by atoms with Gasteiger partial charge >= 0.3 is 6.01 Å². The highest BCUT2D eigenvalue weighted by Gasteiger charge is 2.41. The van der Waals surface area contributed by atoms with Crippen molar-refractivity contribution in [3.63, 3.8) is 0 Å². The minimum atomic E-state index is 0.318. The first-order valence-electron chi connectivity index (χ1n) is 14.6. The lowest BCUT2D eigenvalue weighted by atomic mass is 9.97. The zero-order valence-corrected chi connectivity index (χ0v) is 23.8. The van der Waals surface area contributed by atoms with Gasteiger partial charge in [-0.05, 0) is 62.7 Å². The SMILES string of the molecule is CN1CCC[C@H]1COc1nc2c(c(N3C[C@H]4C[C@@H](CC#N)[C@@H](C3)N4)n1)CCN(c1cccc3cccc(Cl)c13)C2. The summed E-state index contributed by atoms with van der Waals surface area (Å²) in [5.41, 5.74) is 3.41. The standard InChI is InChI=1S/C31H36ClN7O/c1-37-13-4-7-23(37)19-40-31-35-27-18-38(28-9-3-6-20-5-2-8-25(32)29(20)28)14-11-24(27)30(36-31)39-16-22-15-21(10-12-33)26(17-39)34-22/h2-3,5-6,8-9,21-23,26,34H,4,7,10-11,13-19H2,1H3/t21-,22-,23+,26-/m1/s1. The molecule has 0 aliphatic carbocycles. The second-order valence-corrected chi connectivity index (χ2v) is 12.3. The maximum atomic E-state index is 9.35. The maximum Gasteiger partial charge on any atom is 0.318 e. The lowest BCUT2D eigenvalue weighted by Crippen LogP contribution is -2.53. The van der Waals surface area contributed by atoms with Crippen LogP contribution in [0, 0.1) is 17.2 Å². The van der Waals surface area contributed by atoms with Gasteiger partial charge < -0.3 is 24.8 Å². The summed E-state index contributed by atoms with van der Waals surface area (Å²) in [6.07, 6.45) is 4.87. The fraction of sp³-hybridized carbons (Fsp3) is 0.516. The van der Waals surface area contributed by atoms with E-state index in [4.69, 9.17) is 26.3 Å².